The summed E-state index contributed by atoms with van der Waals surface area (Å²) in [5.41, 5.74) is 5.97. The Hall–Kier alpha value is -1.12. The van der Waals surface area contributed by atoms with Crippen LogP contribution in [0.3, 0.4) is 0 Å². The topological polar surface area (TPSA) is 73.4 Å². The molecule has 1 heterocycles. The Morgan fingerprint density at radius 3 is 2.50 bits per heavy atom. The molecule has 0 aliphatic carbocycles. The van der Waals surface area contributed by atoms with Gasteiger partial charge in [0, 0.05) is 39.1 Å². The van der Waals surface area contributed by atoms with Crippen molar-refractivity contribution in [3.8, 4) is 6.07 Å². The minimum atomic E-state index is -0.374. The van der Waals surface area contributed by atoms with Crippen molar-refractivity contribution in [3.05, 3.63) is 0 Å². The van der Waals surface area contributed by atoms with E-state index in [0.717, 1.165) is 39.1 Å². The van der Waals surface area contributed by atoms with Gasteiger partial charge in [-0.15, -0.1) is 0 Å². The molecule has 0 spiro atoms. The van der Waals surface area contributed by atoms with E-state index < -0.39 is 0 Å². The summed E-state index contributed by atoms with van der Waals surface area (Å²) in [6.07, 6.45) is 1.48. The Bertz CT molecular complexity index is 305. The second kappa shape index (κ2) is 7.34. The molecule has 0 aromatic heterocycles. The van der Waals surface area contributed by atoms with Crippen molar-refractivity contribution in [3.63, 3.8) is 0 Å². The largest absolute Gasteiger partial charge is 0.339 e. The monoisotopic (exact) mass is 252 g/mol. The summed E-state index contributed by atoms with van der Waals surface area (Å²) in [5.74, 6) is 0.304. The summed E-state index contributed by atoms with van der Waals surface area (Å²) < 4.78 is 0. The molecule has 1 saturated heterocycles. The van der Waals surface area contributed by atoms with E-state index in [2.05, 4.69) is 17.9 Å². The standard InChI is InChI=1S/C13H24N4O/c1-3-11(2)12(15)13(18)17-9-7-16(8-10-17)6-4-5-14/h11-12H,3-4,6-10,15H2,1-2H3. The van der Waals surface area contributed by atoms with Crippen LogP contribution in [0, 0.1) is 17.2 Å². The van der Waals surface area contributed by atoms with Crippen molar-refractivity contribution in [1.82, 2.24) is 9.80 Å². The molecular formula is C13H24N4O. The smallest absolute Gasteiger partial charge is 0.239 e. The van der Waals surface area contributed by atoms with Crippen LogP contribution in [0.25, 0.3) is 0 Å². The van der Waals surface area contributed by atoms with Crippen LogP contribution in [0.15, 0.2) is 0 Å². The van der Waals surface area contributed by atoms with Gasteiger partial charge in [0.25, 0.3) is 0 Å². The fraction of sp³-hybridized carbons (Fsp3) is 0.846. The number of nitrogens with two attached hydrogens (primary N) is 1. The maximum absolute atomic E-state index is 12.1. The van der Waals surface area contributed by atoms with Crippen LogP contribution in [0.5, 0.6) is 0 Å². The quantitative estimate of drug-likeness (QED) is 0.769. The normalized spacial score (nSPS) is 20.2. The van der Waals surface area contributed by atoms with Crippen molar-refractivity contribution in [1.29, 1.82) is 5.26 Å². The minimum absolute atomic E-state index is 0.0734. The molecule has 0 radical (unpaired) electrons. The van der Waals surface area contributed by atoms with Crippen LogP contribution in [-0.4, -0.2) is 54.5 Å². The number of carbonyl (C=O) groups excluding carboxylic acids is 1. The van der Waals surface area contributed by atoms with Gasteiger partial charge in [0.05, 0.1) is 12.1 Å². The zero-order chi connectivity index (χ0) is 13.5. The van der Waals surface area contributed by atoms with Crippen LogP contribution < -0.4 is 5.73 Å². The molecule has 0 saturated carbocycles. The van der Waals surface area contributed by atoms with E-state index >= 15 is 0 Å². The number of nitriles is 1. The highest BCUT2D eigenvalue weighted by molar-refractivity contribution is 5.82. The molecule has 1 fully saturated rings. The highest BCUT2D eigenvalue weighted by Crippen LogP contribution is 2.10. The molecule has 1 amide bonds. The highest BCUT2D eigenvalue weighted by Gasteiger charge is 2.27. The summed E-state index contributed by atoms with van der Waals surface area (Å²) in [6.45, 7) is 8.03. The van der Waals surface area contributed by atoms with E-state index in [1.54, 1.807) is 0 Å². The third kappa shape index (κ3) is 3.97. The lowest BCUT2D eigenvalue weighted by atomic mass is 9.98. The van der Waals surface area contributed by atoms with Gasteiger partial charge in [0.15, 0.2) is 0 Å². The second-order valence-corrected chi connectivity index (χ2v) is 4.99. The molecule has 2 atom stereocenters. The van der Waals surface area contributed by atoms with Crippen molar-refractivity contribution < 1.29 is 4.79 Å². The third-order valence-electron chi connectivity index (χ3n) is 3.77. The number of amides is 1. The van der Waals surface area contributed by atoms with E-state index in [1.165, 1.54) is 0 Å². The van der Waals surface area contributed by atoms with Gasteiger partial charge in [-0.2, -0.15) is 5.26 Å². The van der Waals surface area contributed by atoms with Gasteiger partial charge in [-0.25, -0.2) is 0 Å². The molecule has 18 heavy (non-hydrogen) atoms. The van der Waals surface area contributed by atoms with Crippen LogP contribution in [0.2, 0.25) is 0 Å². The SMILES string of the molecule is CCC(C)C(N)C(=O)N1CCN(CCC#N)CC1. The Morgan fingerprint density at radius 1 is 1.39 bits per heavy atom. The number of carbonyl (C=O) groups is 1. The van der Waals surface area contributed by atoms with Crippen LogP contribution in [-0.2, 0) is 4.79 Å². The highest BCUT2D eigenvalue weighted by atomic mass is 16.2. The molecule has 1 rings (SSSR count). The number of hydrogen-bond donors (Lipinski definition) is 1. The third-order valence-corrected chi connectivity index (χ3v) is 3.77. The molecular weight excluding hydrogens is 228 g/mol. The van der Waals surface area contributed by atoms with Gasteiger partial charge in [0.2, 0.25) is 5.91 Å². The first-order valence-electron chi connectivity index (χ1n) is 6.73. The first-order chi connectivity index (χ1) is 8.60. The first-order valence-corrected chi connectivity index (χ1v) is 6.73. The fourth-order valence-electron chi connectivity index (χ4n) is 2.11. The van der Waals surface area contributed by atoms with Gasteiger partial charge < -0.3 is 10.6 Å². The number of hydrogen-bond acceptors (Lipinski definition) is 4. The van der Waals surface area contributed by atoms with E-state index in [0.29, 0.717) is 6.42 Å². The van der Waals surface area contributed by atoms with Gasteiger partial charge in [-0.05, 0) is 5.92 Å². The Morgan fingerprint density at radius 2 is 2.00 bits per heavy atom. The van der Waals surface area contributed by atoms with Crippen LogP contribution in [0.1, 0.15) is 26.7 Å². The van der Waals surface area contributed by atoms with E-state index in [1.807, 2.05) is 11.8 Å². The van der Waals surface area contributed by atoms with Gasteiger partial charge in [-0.3, -0.25) is 9.69 Å². The lowest BCUT2D eigenvalue weighted by Gasteiger charge is -2.36. The molecule has 5 nitrogen and oxygen atoms in total. The molecule has 1 aliphatic rings. The Labute approximate surface area is 110 Å². The average molecular weight is 252 g/mol. The fourth-order valence-corrected chi connectivity index (χ4v) is 2.11. The Kier molecular flexibility index (Phi) is 6.10. The van der Waals surface area contributed by atoms with Crippen LogP contribution >= 0.6 is 0 Å². The number of nitrogens with zero attached hydrogens (tertiary/aromatic N) is 3. The van der Waals surface area contributed by atoms with Crippen LogP contribution in [0.4, 0.5) is 0 Å². The first kappa shape index (κ1) is 14.9. The van der Waals surface area contributed by atoms with Crippen molar-refractivity contribution >= 4 is 5.91 Å². The zero-order valence-electron chi connectivity index (χ0n) is 11.4. The predicted octanol–water partition coefficient (Wildman–Crippen LogP) is 0.418. The second-order valence-electron chi connectivity index (χ2n) is 4.99. The Balaban J connectivity index is 2.38. The van der Waals surface area contributed by atoms with E-state index in [-0.39, 0.29) is 17.9 Å². The van der Waals surface area contributed by atoms with Crippen molar-refractivity contribution in [2.24, 2.45) is 11.7 Å². The molecule has 5 heteroatoms. The van der Waals surface area contributed by atoms with Crippen molar-refractivity contribution in [2.45, 2.75) is 32.7 Å². The summed E-state index contributed by atoms with van der Waals surface area (Å²) in [6, 6.07) is 1.77. The van der Waals surface area contributed by atoms with Gasteiger partial charge >= 0.3 is 0 Å². The number of rotatable bonds is 5. The minimum Gasteiger partial charge on any atom is -0.339 e. The molecule has 2 unspecified atom stereocenters. The molecule has 2 N–H and O–H groups in total. The predicted molar refractivity (Wildman–Crippen MR) is 70.7 cm³/mol. The molecule has 102 valence electrons. The molecule has 0 aromatic carbocycles. The number of piperazine rings is 1. The van der Waals surface area contributed by atoms with Gasteiger partial charge in [-0.1, -0.05) is 20.3 Å². The molecule has 0 bridgehead atoms. The van der Waals surface area contributed by atoms with Crippen molar-refractivity contribution in [2.75, 3.05) is 32.7 Å². The molecule has 1 aliphatic heterocycles. The summed E-state index contributed by atoms with van der Waals surface area (Å²) in [5, 5.41) is 8.54. The molecule has 0 aromatic rings. The van der Waals surface area contributed by atoms with Gasteiger partial charge in [0.1, 0.15) is 0 Å². The lowest BCUT2D eigenvalue weighted by Crippen LogP contribution is -2.54. The van der Waals surface area contributed by atoms with E-state index in [4.69, 9.17) is 11.0 Å². The van der Waals surface area contributed by atoms with E-state index in [9.17, 15) is 4.79 Å². The maximum Gasteiger partial charge on any atom is 0.239 e. The average Bonchev–Trinajstić information content (AvgIpc) is 2.43. The lowest BCUT2D eigenvalue weighted by molar-refractivity contribution is -0.135. The summed E-state index contributed by atoms with van der Waals surface area (Å²) in [4.78, 5) is 16.2. The maximum atomic E-state index is 12.1. The summed E-state index contributed by atoms with van der Waals surface area (Å²) >= 11 is 0. The summed E-state index contributed by atoms with van der Waals surface area (Å²) in [7, 11) is 0. The zero-order valence-corrected chi connectivity index (χ0v) is 11.4.